The van der Waals surface area contributed by atoms with Crippen LogP contribution in [0.1, 0.15) is 29.5 Å². The first-order valence-electron chi connectivity index (χ1n) is 9.36. The lowest BCUT2D eigenvalue weighted by molar-refractivity contribution is 0.477. The van der Waals surface area contributed by atoms with Crippen molar-refractivity contribution in [2.24, 2.45) is 5.73 Å². The predicted octanol–water partition coefficient (Wildman–Crippen LogP) is 4.13. The number of hydrogen-bond donors (Lipinski definition) is 3. The van der Waals surface area contributed by atoms with Crippen LogP contribution in [0.3, 0.4) is 0 Å². The van der Waals surface area contributed by atoms with Crippen LogP contribution in [-0.2, 0) is 0 Å². The maximum atomic E-state index is 12.7. The molecule has 1 atom stereocenters. The molecule has 0 aliphatic rings. The molecule has 0 saturated heterocycles. The van der Waals surface area contributed by atoms with E-state index in [1.807, 2.05) is 44.2 Å². The number of aryl methyl sites for hydroxylation is 2. The van der Waals surface area contributed by atoms with Crippen LogP contribution in [-0.4, -0.2) is 21.6 Å². The van der Waals surface area contributed by atoms with E-state index in [0.29, 0.717) is 28.5 Å². The summed E-state index contributed by atoms with van der Waals surface area (Å²) in [6.45, 7) is 6.42. The molecule has 0 aliphatic heterocycles. The van der Waals surface area contributed by atoms with Gasteiger partial charge in [-0.2, -0.15) is 0 Å². The summed E-state index contributed by atoms with van der Waals surface area (Å²) in [4.78, 5) is 20.2. The second-order valence-electron chi connectivity index (χ2n) is 7.40. The minimum absolute atomic E-state index is 0.167. The topological polar surface area (TPSA) is 92.0 Å². The number of rotatable bonds is 3. The summed E-state index contributed by atoms with van der Waals surface area (Å²) in [7, 11) is 0. The summed E-state index contributed by atoms with van der Waals surface area (Å²) in [5, 5.41) is 12.1. The zero-order valence-electron chi connectivity index (χ0n) is 16.2. The summed E-state index contributed by atoms with van der Waals surface area (Å²) < 4.78 is 0. The lowest BCUT2D eigenvalue weighted by atomic mass is 9.92. The van der Waals surface area contributed by atoms with Gasteiger partial charge in [0.1, 0.15) is 5.75 Å². The lowest BCUT2D eigenvalue weighted by Crippen LogP contribution is -2.10. The molecule has 1 unspecified atom stereocenters. The highest BCUT2D eigenvalue weighted by molar-refractivity contribution is 6.13. The van der Waals surface area contributed by atoms with Gasteiger partial charge in [-0.25, -0.2) is 0 Å². The Hall–Kier alpha value is -3.18. The fraction of sp³-hybridized carbons (Fsp3) is 0.217. The Balaban J connectivity index is 2.12. The van der Waals surface area contributed by atoms with E-state index < -0.39 is 0 Å². The smallest absolute Gasteiger partial charge is 0.258 e. The number of pyridine rings is 2. The van der Waals surface area contributed by atoms with Gasteiger partial charge in [-0.1, -0.05) is 31.2 Å². The summed E-state index contributed by atoms with van der Waals surface area (Å²) >= 11 is 0. The van der Waals surface area contributed by atoms with Crippen molar-refractivity contribution in [2.45, 2.75) is 26.7 Å². The van der Waals surface area contributed by atoms with Crippen molar-refractivity contribution in [3.8, 4) is 16.9 Å². The van der Waals surface area contributed by atoms with Crippen LogP contribution < -0.4 is 11.3 Å². The average molecular weight is 373 g/mol. The quantitative estimate of drug-likeness (QED) is 0.471. The van der Waals surface area contributed by atoms with Gasteiger partial charge in [0.15, 0.2) is 0 Å². The van der Waals surface area contributed by atoms with Crippen molar-refractivity contribution in [3.05, 3.63) is 69.6 Å². The van der Waals surface area contributed by atoms with E-state index >= 15 is 0 Å². The van der Waals surface area contributed by atoms with E-state index in [1.165, 1.54) is 0 Å². The molecule has 2 heterocycles. The Bertz CT molecular complexity index is 1260. The Morgan fingerprint density at radius 3 is 2.50 bits per heavy atom. The summed E-state index contributed by atoms with van der Waals surface area (Å²) in [6.07, 6.45) is 1.70. The number of phenolic OH excluding ortho intramolecular Hbond substituents is 1. The molecule has 142 valence electrons. The van der Waals surface area contributed by atoms with Gasteiger partial charge in [-0.15, -0.1) is 0 Å². The normalized spacial score (nSPS) is 12.6. The molecular weight excluding hydrogens is 350 g/mol. The Labute approximate surface area is 162 Å². The van der Waals surface area contributed by atoms with E-state index in [1.54, 1.807) is 12.3 Å². The second kappa shape index (κ2) is 6.77. The molecule has 2 aromatic carbocycles. The summed E-state index contributed by atoms with van der Waals surface area (Å²) in [6, 6.07) is 11.5. The highest BCUT2D eigenvalue weighted by Gasteiger charge is 2.18. The van der Waals surface area contributed by atoms with Gasteiger partial charge < -0.3 is 15.8 Å². The number of aromatic amines is 1. The number of nitrogens with one attached hydrogen (secondary N) is 1. The van der Waals surface area contributed by atoms with E-state index in [2.05, 4.69) is 16.9 Å². The molecule has 0 amide bonds. The van der Waals surface area contributed by atoms with Crippen LogP contribution in [0, 0.1) is 13.8 Å². The third kappa shape index (κ3) is 2.75. The molecule has 0 radical (unpaired) electrons. The first-order valence-corrected chi connectivity index (χ1v) is 9.36. The molecule has 0 spiro atoms. The average Bonchev–Trinajstić information content (AvgIpc) is 2.68. The van der Waals surface area contributed by atoms with E-state index in [-0.39, 0.29) is 17.2 Å². The van der Waals surface area contributed by atoms with E-state index in [9.17, 15) is 9.90 Å². The lowest BCUT2D eigenvalue weighted by Gasteiger charge is -2.15. The number of aromatic nitrogens is 2. The zero-order valence-corrected chi connectivity index (χ0v) is 16.2. The van der Waals surface area contributed by atoms with Crippen LogP contribution in [0.4, 0.5) is 0 Å². The predicted molar refractivity (Wildman–Crippen MR) is 114 cm³/mol. The minimum atomic E-state index is -0.167. The zero-order chi connectivity index (χ0) is 20.0. The largest absolute Gasteiger partial charge is 0.507 e. The number of phenols is 1. The number of aromatic hydroxyl groups is 1. The first kappa shape index (κ1) is 18.2. The van der Waals surface area contributed by atoms with Crippen molar-refractivity contribution < 1.29 is 5.11 Å². The highest BCUT2D eigenvalue weighted by atomic mass is 16.3. The molecule has 4 aromatic rings. The molecule has 4 N–H and O–H groups in total. The summed E-state index contributed by atoms with van der Waals surface area (Å²) in [5.41, 5.74) is 11.3. The molecule has 5 nitrogen and oxygen atoms in total. The molecule has 0 saturated carbocycles. The van der Waals surface area contributed by atoms with Gasteiger partial charge in [0.05, 0.1) is 16.4 Å². The van der Waals surface area contributed by atoms with Gasteiger partial charge in [0.2, 0.25) is 0 Å². The summed E-state index contributed by atoms with van der Waals surface area (Å²) in [5.74, 6) is 0.431. The van der Waals surface area contributed by atoms with Gasteiger partial charge >= 0.3 is 0 Å². The highest BCUT2D eigenvalue weighted by Crippen LogP contribution is 2.40. The van der Waals surface area contributed by atoms with Crippen molar-refractivity contribution in [1.29, 1.82) is 0 Å². The number of nitrogens with zero attached hydrogens (tertiary/aromatic N) is 1. The maximum Gasteiger partial charge on any atom is 0.258 e. The Morgan fingerprint density at radius 1 is 1.11 bits per heavy atom. The molecular formula is C23H23N3O2. The molecule has 5 heteroatoms. The van der Waals surface area contributed by atoms with Crippen LogP contribution in [0.15, 0.2) is 47.4 Å². The van der Waals surface area contributed by atoms with Crippen molar-refractivity contribution in [3.63, 3.8) is 0 Å². The third-order valence-electron chi connectivity index (χ3n) is 5.49. The standard InChI is InChI=1S/C23H23N3O2/c1-12-8-9-25-22-18(12)23(28)26-21-13(2)10-17(27)19(20(21)22)16-6-4-15(5-7-16)14(3)11-24/h4-10,14,27H,11,24H2,1-3H3,(H,26,28). The van der Waals surface area contributed by atoms with Gasteiger partial charge in [-0.3, -0.25) is 9.78 Å². The number of benzene rings is 2. The number of fused-ring (bicyclic) bond motifs is 3. The fourth-order valence-electron chi connectivity index (χ4n) is 3.81. The molecule has 0 fully saturated rings. The molecule has 28 heavy (non-hydrogen) atoms. The molecule has 2 aromatic heterocycles. The van der Waals surface area contributed by atoms with Gasteiger partial charge in [0.25, 0.3) is 5.56 Å². The fourth-order valence-corrected chi connectivity index (χ4v) is 3.81. The van der Waals surface area contributed by atoms with Crippen molar-refractivity contribution >= 4 is 21.8 Å². The molecule has 0 bridgehead atoms. The van der Waals surface area contributed by atoms with Crippen LogP contribution >= 0.6 is 0 Å². The number of nitrogens with two attached hydrogens (primary N) is 1. The first-order chi connectivity index (χ1) is 13.4. The van der Waals surface area contributed by atoms with Gasteiger partial charge in [-0.05, 0) is 60.7 Å². The molecule has 4 rings (SSSR count). The van der Waals surface area contributed by atoms with E-state index in [4.69, 9.17) is 5.73 Å². The number of hydrogen-bond acceptors (Lipinski definition) is 4. The van der Waals surface area contributed by atoms with Crippen LogP contribution in [0.25, 0.3) is 32.9 Å². The van der Waals surface area contributed by atoms with Crippen molar-refractivity contribution in [1.82, 2.24) is 9.97 Å². The SMILES string of the molecule is Cc1cc(O)c(-c2ccc(C(C)CN)cc2)c2c1[nH]c(=O)c1c(C)ccnc12. The van der Waals surface area contributed by atoms with Gasteiger partial charge in [0, 0.05) is 17.1 Å². The van der Waals surface area contributed by atoms with Crippen LogP contribution in [0.2, 0.25) is 0 Å². The molecule has 0 aliphatic carbocycles. The van der Waals surface area contributed by atoms with Crippen molar-refractivity contribution in [2.75, 3.05) is 6.54 Å². The second-order valence-corrected chi connectivity index (χ2v) is 7.40. The number of H-pyrrole nitrogens is 1. The Morgan fingerprint density at radius 2 is 1.82 bits per heavy atom. The van der Waals surface area contributed by atoms with E-state index in [0.717, 1.165) is 27.6 Å². The Kier molecular flexibility index (Phi) is 4.40. The minimum Gasteiger partial charge on any atom is -0.507 e. The monoisotopic (exact) mass is 373 g/mol. The third-order valence-corrected chi connectivity index (χ3v) is 5.49. The maximum absolute atomic E-state index is 12.7. The van der Waals surface area contributed by atoms with Crippen LogP contribution in [0.5, 0.6) is 5.75 Å².